The SMILES string of the molecule is COCC1CN=C(c2ccccc2I)c2cc(Br)ccc2N1C. The second-order valence-corrected chi connectivity index (χ2v) is 7.63. The van der Waals surface area contributed by atoms with Gasteiger partial charge in [-0.1, -0.05) is 34.1 Å². The zero-order valence-corrected chi connectivity index (χ0v) is 16.8. The molecule has 0 saturated heterocycles. The van der Waals surface area contributed by atoms with Crippen molar-refractivity contribution in [2.45, 2.75) is 6.04 Å². The molecule has 23 heavy (non-hydrogen) atoms. The van der Waals surface area contributed by atoms with Crippen molar-refractivity contribution in [3.8, 4) is 0 Å². The predicted octanol–water partition coefficient (Wildman–Crippen LogP) is 4.36. The van der Waals surface area contributed by atoms with E-state index in [-0.39, 0.29) is 6.04 Å². The van der Waals surface area contributed by atoms with Gasteiger partial charge in [0.15, 0.2) is 0 Å². The molecule has 2 aromatic carbocycles. The molecule has 3 rings (SSSR count). The number of ether oxygens (including phenoxy) is 1. The number of methoxy groups -OCH3 is 1. The van der Waals surface area contributed by atoms with Crippen LogP contribution in [0.5, 0.6) is 0 Å². The van der Waals surface area contributed by atoms with Gasteiger partial charge in [-0.2, -0.15) is 0 Å². The number of likely N-dealkylation sites (N-methyl/N-ethyl adjacent to an activating group) is 1. The number of nitrogens with zero attached hydrogens (tertiary/aromatic N) is 2. The molecule has 0 radical (unpaired) electrons. The van der Waals surface area contributed by atoms with Crippen LogP contribution in [0.25, 0.3) is 0 Å². The van der Waals surface area contributed by atoms with Crippen molar-refractivity contribution >= 4 is 49.9 Å². The van der Waals surface area contributed by atoms with Crippen LogP contribution in [0.3, 0.4) is 0 Å². The largest absolute Gasteiger partial charge is 0.382 e. The summed E-state index contributed by atoms with van der Waals surface area (Å²) in [6, 6.07) is 15.0. The molecule has 0 spiro atoms. The molecule has 1 heterocycles. The minimum atomic E-state index is 0.235. The summed E-state index contributed by atoms with van der Waals surface area (Å²) in [7, 11) is 3.86. The van der Waals surface area contributed by atoms with E-state index in [4.69, 9.17) is 9.73 Å². The Morgan fingerprint density at radius 3 is 2.78 bits per heavy atom. The van der Waals surface area contributed by atoms with Crippen LogP contribution < -0.4 is 4.90 Å². The average molecular weight is 485 g/mol. The zero-order valence-electron chi connectivity index (χ0n) is 13.1. The highest BCUT2D eigenvalue weighted by Gasteiger charge is 2.25. The summed E-state index contributed by atoms with van der Waals surface area (Å²) >= 11 is 5.98. The Labute approximate surface area is 159 Å². The molecule has 0 fully saturated rings. The van der Waals surface area contributed by atoms with Crippen molar-refractivity contribution in [2.24, 2.45) is 4.99 Å². The number of fused-ring (bicyclic) bond motifs is 1. The van der Waals surface area contributed by atoms with E-state index in [0.717, 1.165) is 22.3 Å². The first kappa shape index (κ1) is 16.9. The maximum absolute atomic E-state index is 5.39. The molecule has 1 unspecified atom stereocenters. The molecule has 5 heteroatoms. The third-order valence-electron chi connectivity index (χ3n) is 4.09. The number of halogens is 2. The van der Waals surface area contributed by atoms with E-state index in [2.05, 4.69) is 92.9 Å². The summed E-state index contributed by atoms with van der Waals surface area (Å²) in [6.07, 6.45) is 0. The Morgan fingerprint density at radius 1 is 1.26 bits per heavy atom. The van der Waals surface area contributed by atoms with Gasteiger partial charge in [0.1, 0.15) is 0 Å². The summed E-state index contributed by atoms with van der Waals surface area (Å²) < 4.78 is 7.66. The highest BCUT2D eigenvalue weighted by molar-refractivity contribution is 14.1. The normalized spacial score (nSPS) is 17.5. The molecular weight excluding hydrogens is 467 g/mol. The fourth-order valence-electron chi connectivity index (χ4n) is 2.85. The Kier molecular flexibility index (Phi) is 5.38. The van der Waals surface area contributed by atoms with Gasteiger partial charge in [-0.25, -0.2) is 0 Å². The van der Waals surface area contributed by atoms with Crippen LogP contribution in [0.1, 0.15) is 11.1 Å². The molecule has 0 aliphatic carbocycles. The van der Waals surface area contributed by atoms with Gasteiger partial charge < -0.3 is 9.64 Å². The molecule has 0 saturated carbocycles. The van der Waals surface area contributed by atoms with Crippen LogP contribution >= 0.6 is 38.5 Å². The Bertz CT molecular complexity index is 748. The quantitative estimate of drug-likeness (QED) is 0.605. The van der Waals surface area contributed by atoms with Gasteiger partial charge in [0.25, 0.3) is 0 Å². The van der Waals surface area contributed by atoms with E-state index in [1.807, 2.05) is 0 Å². The zero-order chi connectivity index (χ0) is 16.4. The van der Waals surface area contributed by atoms with Crippen molar-refractivity contribution in [2.75, 3.05) is 32.2 Å². The minimum absolute atomic E-state index is 0.235. The summed E-state index contributed by atoms with van der Waals surface area (Å²) in [6.45, 7) is 1.38. The number of hydrogen-bond acceptors (Lipinski definition) is 3. The van der Waals surface area contributed by atoms with Crippen LogP contribution in [0.15, 0.2) is 51.9 Å². The standard InChI is InChI=1S/C18H18BrIN2O/c1-22-13(11-23-2)10-21-18(14-5-3-4-6-16(14)20)15-9-12(19)7-8-17(15)22/h3-9,13H,10-11H2,1-2H3. The molecule has 0 bridgehead atoms. The van der Waals surface area contributed by atoms with E-state index in [1.54, 1.807) is 7.11 Å². The third-order valence-corrected chi connectivity index (χ3v) is 5.52. The molecule has 0 amide bonds. The highest BCUT2D eigenvalue weighted by Crippen LogP contribution is 2.31. The van der Waals surface area contributed by atoms with E-state index in [1.165, 1.54) is 14.8 Å². The molecule has 0 aromatic heterocycles. The summed E-state index contributed by atoms with van der Waals surface area (Å²) in [5, 5.41) is 0. The summed E-state index contributed by atoms with van der Waals surface area (Å²) in [5.41, 5.74) is 4.58. The number of benzene rings is 2. The van der Waals surface area contributed by atoms with Crippen LogP contribution in [-0.4, -0.2) is 39.1 Å². The minimum Gasteiger partial charge on any atom is -0.382 e. The predicted molar refractivity (Wildman–Crippen MR) is 108 cm³/mol. The Balaban J connectivity index is 2.18. The lowest BCUT2D eigenvalue weighted by atomic mass is 10.0. The molecular formula is C18H18BrIN2O. The highest BCUT2D eigenvalue weighted by atomic mass is 127. The van der Waals surface area contributed by atoms with Gasteiger partial charge in [-0.15, -0.1) is 0 Å². The lowest BCUT2D eigenvalue weighted by Crippen LogP contribution is -2.37. The van der Waals surface area contributed by atoms with E-state index in [0.29, 0.717) is 6.61 Å². The van der Waals surface area contributed by atoms with Crippen molar-refractivity contribution in [3.63, 3.8) is 0 Å². The van der Waals surface area contributed by atoms with Crippen molar-refractivity contribution in [3.05, 3.63) is 61.6 Å². The fraction of sp³-hybridized carbons (Fsp3) is 0.278. The van der Waals surface area contributed by atoms with Gasteiger partial charge in [-0.05, 0) is 46.9 Å². The van der Waals surface area contributed by atoms with Gasteiger partial charge in [0.05, 0.1) is 24.9 Å². The molecule has 3 nitrogen and oxygen atoms in total. The van der Waals surface area contributed by atoms with E-state index < -0.39 is 0 Å². The van der Waals surface area contributed by atoms with Crippen LogP contribution in [-0.2, 0) is 4.74 Å². The second kappa shape index (κ2) is 7.32. The fourth-order valence-corrected chi connectivity index (χ4v) is 3.85. The number of aliphatic imine (C=N–C) groups is 1. The van der Waals surface area contributed by atoms with E-state index >= 15 is 0 Å². The first-order valence-electron chi connectivity index (χ1n) is 7.43. The van der Waals surface area contributed by atoms with Crippen molar-refractivity contribution in [1.29, 1.82) is 0 Å². The number of rotatable bonds is 3. The molecule has 120 valence electrons. The number of anilines is 1. The number of benzodiazepines with no additional fused rings is 1. The van der Waals surface area contributed by atoms with Crippen molar-refractivity contribution in [1.82, 2.24) is 0 Å². The van der Waals surface area contributed by atoms with Crippen LogP contribution in [0, 0.1) is 3.57 Å². The monoisotopic (exact) mass is 484 g/mol. The van der Waals surface area contributed by atoms with Gasteiger partial charge in [-0.3, -0.25) is 4.99 Å². The summed E-state index contributed by atoms with van der Waals surface area (Å²) in [5.74, 6) is 0. The topological polar surface area (TPSA) is 24.8 Å². The molecule has 1 aliphatic rings. The van der Waals surface area contributed by atoms with Gasteiger partial charge >= 0.3 is 0 Å². The lowest BCUT2D eigenvalue weighted by Gasteiger charge is -2.28. The van der Waals surface area contributed by atoms with Crippen LogP contribution in [0.4, 0.5) is 5.69 Å². The molecule has 1 atom stereocenters. The second-order valence-electron chi connectivity index (χ2n) is 5.55. The van der Waals surface area contributed by atoms with Gasteiger partial charge in [0, 0.05) is 39.0 Å². The lowest BCUT2D eigenvalue weighted by molar-refractivity contribution is 0.180. The molecule has 0 N–H and O–H groups in total. The molecule has 1 aliphatic heterocycles. The first-order valence-corrected chi connectivity index (χ1v) is 9.30. The van der Waals surface area contributed by atoms with Crippen LogP contribution in [0.2, 0.25) is 0 Å². The first-order chi connectivity index (χ1) is 11.1. The molecule has 2 aromatic rings. The van der Waals surface area contributed by atoms with E-state index in [9.17, 15) is 0 Å². The van der Waals surface area contributed by atoms with Gasteiger partial charge in [0.2, 0.25) is 0 Å². The Hall–Kier alpha value is -0.920. The maximum atomic E-state index is 5.39. The number of hydrogen-bond donors (Lipinski definition) is 0. The average Bonchev–Trinajstić information content (AvgIpc) is 2.67. The Morgan fingerprint density at radius 2 is 2.04 bits per heavy atom. The summed E-state index contributed by atoms with van der Waals surface area (Å²) in [4.78, 5) is 7.23. The maximum Gasteiger partial charge on any atom is 0.0751 e. The van der Waals surface area contributed by atoms with Crippen molar-refractivity contribution < 1.29 is 4.74 Å². The smallest absolute Gasteiger partial charge is 0.0751 e. The third kappa shape index (κ3) is 3.46.